The average molecular weight is 315 g/mol. The first kappa shape index (κ1) is 19.9. The second-order valence-corrected chi connectivity index (χ2v) is 11.3. The van der Waals surface area contributed by atoms with Gasteiger partial charge < -0.3 is 20.4 Å². The van der Waals surface area contributed by atoms with E-state index >= 15 is 0 Å². The van der Waals surface area contributed by atoms with E-state index in [0.29, 0.717) is 0 Å². The van der Waals surface area contributed by atoms with Crippen molar-refractivity contribution in [2.45, 2.75) is 57.9 Å². The Labute approximate surface area is 127 Å². The Morgan fingerprint density at radius 3 is 2.43 bits per heavy atom. The standard InChI is InChI=1S/C11H26BN5O3Si/c1-11(2,3)21(5,6)20-8(7-15-17-14)9(10(13)18)16-12(4)19/h8-9,16,19H,7H2,1-6H3,(H2,13,18)/t8-,9-/m0/s1. The highest BCUT2D eigenvalue weighted by molar-refractivity contribution is 6.74. The van der Waals surface area contributed by atoms with E-state index in [1.54, 1.807) is 0 Å². The molecule has 120 valence electrons. The lowest BCUT2D eigenvalue weighted by molar-refractivity contribution is -0.121. The van der Waals surface area contributed by atoms with Gasteiger partial charge in [0.05, 0.1) is 12.6 Å². The van der Waals surface area contributed by atoms with Crippen LogP contribution in [0.3, 0.4) is 0 Å². The minimum Gasteiger partial charge on any atom is -0.437 e. The zero-order valence-corrected chi connectivity index (χ0v) is 14.6. The van der Waals surface area contributed by atoms with E-state index in [0.717, 1.165) is 0 Å². The molecule has 0 spiro atoms. The topological polar surface area (TPSA) is 133 Å². The molecule has 0 radical (unpaired) electrons. The molecule has 0 unspecified atom stereocenters. The fraction of sp³-hybridized carbons (Fsp3) is 0.909. The van der Waals surface area contributed by atoms with Crippen LogP contribution in [0, 0.1) is 0 Å². The van der Waals surface area contributed by atoms with Gasteiger partial charge in [0.15, 0.2) is 8.32 Å². The largest absolute Gasteiger partial charge is 0.437 e. The van der Waals surface area contributed by atoms with Crippen molar-refractivity contribution in [3.63, 3.8) is 0 Å². The Hall–Kier alpha value is -1.06. The van der Waals surface area contributed by atoms with Crippen molar-refractivity contribution in [3.8, 4) is 0 Å². The van der Waals surface area contributed by atoms with Crippen LogP contribution < -0.4 is 11.0 Å². The fourth-order valence-electron chi connectivity index (χ4n) is 1.52. The van der Waals surface area contributed by atoms with Crippen LogP contribution in [0.25, 0.3) is 10.4 Å². The van der Waals surface area contributed by atoms with E-state index in [2.05, 4.69) is 36.0 Å². The Balaban J connectivity index is 5.34. The highest BCUT2D eigenvalue weighted by Gasteiger charge is 2.41. The third-order valence-corrected chi connectivity index (χ3v) is 8.18. The van der Waals surface area contributed by atoms with Gasteiger partial charge in [-0.2, -0.15) is 0 Å². The lowest BCUT2D eigenvalue weighted by Gasteiger charge is -2.40. The van der Waals surface area contributed by atoms with Gasteiger partial charge in [-0.05, 0) is 30.5 Å². The lowest BCUT2D eigenvalue weighted by atomic mass is 9.86. The number of azide groups is 1. The van der Waals surface area contributed by atoms with Gasteiger partial charge in [-0.15, -0.1) is 0 Å². The third kappa shape index (κ3) is 6.49. The van der Waals surface area contributed by atoms with Crippen LogP contribution in [0.1, 0.15) is 20.8 Å². The maximum absolute atomic E-state index is 11.6. The van der Waals surface area contributed by atoms with Crippen LogP contribution in [0.2, 0.25) is 25.0 Å². The summed E-state index contributed by atoms with van der Waals surface area (Å²) in [6.45, 7) is 11.7. The number of primary amides is 1. The summed E-state index contributed by atoms with van der Waals surface area (Å²) in [5, 5.41) is 15.5. The highest BCUT2D eigenvalue weighted by atomic mass is 28.4. The number of rotatable bonds is 8. The molecule has 8 nitrogen and oxygen atoms in total. The predicted molar refractivity (Wildman–Crippen MR) is 86.0 cm³/mol. The maximum Gasteiger partial charge on any atom is 0.374 e. The number of hydrogen-bond acceptors (Lipinski definition) is 5. The molecule has 1 amide bonds. The molecule has 0 aliphatic carbocycles. The summed E-state index contributed by atoms with van der Waals surface area (Å²) in [6.07, 6.45) is -0.714. The van der Waals surface area contributed by atoms with Crippen LogP contribution in [0.5, 0.6) is 0 Å². The first-order valence-corrected chi connectivity index (χ1v) is 9.75. The quantitative estimate of drug-likeness (QED) is 0.269. The van der Waals surface area contributed by atoms with Gasteiger partial charge >= 0.3 is 7.05 Å². The summed E-state index contributed by atoms with van der Waals surface area (Å²) < 4.78 is 6.13. The smallest absolute Gasteiger partial charge is 0.374 e. The van der Waals surface area contributed by atoms with Crippen LogP contribution in [0.15, 0.2) is 5.11 Å². The first-order chi connectivity index (χ1) is 9.42. The van der Waals surface area contributed by atoms with Crippen LogP contribution in [-0.4, -0.2) is 45.0 Å². The molecular weight excluding hydrogens is 289 g/mol. The summed E-state index contributed by atoms with van der Waals surface area (Å²) >= 11 is 0. The summed E-state index contributed by atoms with van der Waals surface area (Å²) in [7, 11) is -3.12. The van der Waals surface area contributed by atoms with Crippen molar-refractivity contribution in [2.75, 3.05) is 6.54 Å². The molecule has 2 atom stereocenters. The van der Waals surface area contributed by atoms with Crippen LogP contribution in [0.4, 0.5) is 0 Å². The summed E-state index contributed by atoms with van der Waals surface area (Å²) in [5.74, 6) is -0.659. The van der Waals surface area contributed by atoms with Crippen molar-refractivity contribution in [1.29, 1.82) is 0 Å². The molecular formula is C11H26BN5O3Si. The van der Waals surface area contributed by atoms with E-state index in [1.807, 2.05) is 13.1 Å². The second kappa shape index (κ2) is 7.81. The summed E-state index contributed by atoms with van der Waals surface area (Å²) in [5.41, 5.74) is 13.9. The predicted octanol–water partition coefficient (Wildman–Crippen LogP) is 1.24. The highest BCUT2D eigenvalue weighted by Crippen LogP contribution is 2.37. The number of amides is 1. The molecule has 0 fully saturated rings. The van der Waals surface area contributed by atoms with Gasteiger partial charge in [0.2, 0.25) is 5.91 Å². The lowest BCUT2D eigenvalue weighted by Crippen LogP contribution is -2.59. The number of carbonyl (C=O) groups is 1. The van der Waals surface area contributed by atoms with Crippen molar-refractivity contribution in [3.05, 3.63) is 10.4 Å². The van der Waals surface area contributed by atoms with E-state index in [1.165, 1.54) is 6.82 Å². The molecule has 0 aliphatic rings. The average Bonchev–Trinajstić information content (AvgIpc) is 2.29. The molecule has 21 heavy (non-hydrogen) atoms. The number of nitrogens with one attached hydrogen (secondary N) is 1. The monoisotopic (exact) mass is 315 g/mol. The summed E-state index contributed by atoms with van der Waals surface area (Å²) in [6, 6.07) is -0.926. The molecule has 0 aliphatic heterocycles. The Bertz CT molecular complexity index is 407. The molecule has 4 N–H and O–H groups in total. The van der Waals surface area contributed by atoms with Crippen molar-refractivity contribution in [1.82, 2.24) is 5.23 Å². The second-order valence-electron chi connectivity index (χ2n) is 6.55. The van der Waals surface area contributed by atoms with Gasteiger partial charge in [0.1, 0.15) is 6.04 Å². The van der Waals surface area contributed by atoms with Crippen molar-refractivity contribution >= 4 is 21.3 Å². The number of nitrogens with two attached hydrogens (primary N) is 1. The maximum atomic E-state index is 11.6. The third-order valence-electron chi connectivity index (χ3n) is 3.68. The molecule has 0 aromatic heterocycles. The van der Waals surface area contributed by atoms with E-state index < -0.39 is 33.4 Å². The fourth-order valence-corrected chi connectivity index (χ4v) is 2.84. The molecule has 10 heteroatoms. The van der Waals surface area contributed by atoms with Gasteiger partial charge in [-0.3, -0.25) is 4.79 Å². The van der Waals surface area contributed by atoms with Crippen LogP contribution in [-0.2, 0) is 9.22 Å². The Morgan fingerprint density at radius 1 is 1.57 bits per heavy atom. The molecule has 0 aromatic rings. The van der Waals surface area contributed by atoms with Crippen molar-refractivity contribution in [2.24, 2.45) is 10.8 Å². The first-order valence-electron chi connectivity index (χ1n) is 6.84. The number of carbonyl (C=O) groups excluding carboxylic acids is 1. The number of nitrogens with zero attached hydrogens (tertiary/aromatic N) is 3. The molecule has 0 aromatic carbocycles. The molecule has 0 rings (SSSR count). The van der Waals surface area contributed by atoms with Gasteiger partial charge in [0, 0.05) is 4.91 Å². The molecule has 0 saturated carbocycles. The minimum absolute atomic E-state index is 0.0314. The van der Waals surface area contributed by atoms with Gasteiger partial charge in [-0.25, -0.2) is 0 Å². The van der Waals surface area contributed by atoms with E-state index in [4.69, 9.17) is 15.7 Å². The molecule has 0 bridgehead atoms. The van der Waals surface area contributed by atoms with E-state index in [-0.39, 0.29) is 11.6 Å². The molecule has 0 heterocycles. The van der Waals surface area contributed by atoms with Crippen molar-refractivity contribution < 1.29 is 14.2 Å². The van der Waals surface area contributed by atoms with Gasteiger partial charge in [-0.1, -0.05) is 25.9 Å². The Kier molecular flexibility index (Phi) is 7.42. The van der Waals surface area contributed by atoms with E-state index in [9.17, 15) is 9.82 Å². The Morgan fingerprint density at radius 2 is 2.10 bits per heavy atom. The zero-order chi connectivity index (χ0) is 16.8. The normalized spacial score (nSPS) is 15.0. The SMILES string of the molecule is CB(O)N[C@H](C(N)=O)[C@H](CN=[N+]=[N-])O[Si](C)(C)C(C)(C)C. The van der Waals surface area contributed by atoms with Crippen LogP contribution >= 0.6 is 0 Å². The minimum atomic E-state index is -2.19. The molecule has 0 saturated heterocycles. The number of hydrogen-bond donors (Lipinski definition) is 3. The van der Waals surface area contributed by atoms with Gasteiger partial charge in [0.25, 0.3) is 0 Å². The summed E-state index contributed by atoms with van der Waals surface area (Å²) in [4.78, 5) is 14.3. The zero-order valence-electron chi connectivity index (χ0n) is 13.6.